The van der Waals surface area contributed by atoms with Gasteiger partial charge in [0.2, 0.25) is 0 Å². The molecule has 1 atom stereocenters. The zero-order valence-electron chi connectivity index (χ0n) is 15.3. The van der Waals surface area contributed by atoms with Gasteiger partial charge in [0, 0.05) is 18.2 Å². The summed E-state index contributed by atoms with van der Waals surface area (Å²) in [6.07, 6.45) is 1.42. The Morgan fingerprint density at radius 1 is 1.07 bits per heavy atom. The number of rotatable bonds is 6. The SMILES string of the molecule is CCC(C(=O)OCC(=O)Nc1ccc2c(c1)OCCCO2)c1ccccc1. The number of fused-ring (bicyclic) bond motifs is 1. The average Bonchev–Trinajstić information content (AvgIpc) is 2.93. The lowest BCUT2D eigenvalue weighted by Gasteiger charge is -2.15. The van der Waals surface area contributed by atoms with Crippen molar-refractivity contribution in [3.05, 3.63) is 54.1 Å². The lowest BCUT2D eigenvalue weighted by Crippen LogP contribution is -2.23. The number of anilines is 1. The number of hydrogen-bond donors (Lipinski definition) is 1. The first-order valence-corrected chi connectivity index (χ1v) is 9.08. The normalized spacial score (nSPS) is 14.0. The molecule has 2 aromatic carbocycles. The first kappa shape index (κ1) is 18.8. The van der Waals surface area contributed by atoms with Crippen molar-refractivity contribution in [2.24, 2.45) is 0 Å². The van der Waals surface area contributed by atoms with E-state index in [0.29, 0.717) is 36.8 Å². The van der Waals surface area contributed by atoms with E-state index in [1.807, 2.05) is 37.3 Å². The third kappa shape index (κ3) is 5.00. The Balaban J connectivity index is 1.55. The molecular formula is C21H23NO5. The number of carbonyl (C=O) groups excluding carboxylic acids is 2. The van der Waals surface area contributed by atoms with Gasteiger partial charge in [0.1, 0.15) is 0 Å². The first-order chi connectivity index (χ1) is 13.2. The first-order valence-electron chi connectivity index (χ1n) is 9.08. The van der Waals surface area contributed by atoms with Crippen LogP contribution in [0.3, 0.4) is 0 Å². The second kappa shape index (κ2) is 9.07. The molecule has 1 amide bonds. The van der Waals surface area contributed by atoms with Crippen LogP contribution in [0.5, 0.6) is 11.5 Å². The third-order valence-corrected chi connectivity index (χ3v) is 4.27. The van der Waals surface area contributed by atoms with Gasteiger partial charge in [-0.15, -0.1) is 0 Å². The lowest BCUT2D eigenvalue weighted by molar-refractivity contribution is -0.149. The highest BCUT2D eigenvalue weighted by molar-refractivity contribution is 5.93. The Morgan fingerprint density at radius 2 is 1.81 bits per heavy atom. The molecule has 1 heterocycles. The van der Waals surface area contributed by atoms with E-state index in [2.05, 4.69) is 5.32 Å². The van der Waals surface area contributed by atoms with Crippen LogP contribution < -0.4 is 14.8 Å². The van der Waals surface area contributed by atoms with Gasteiger partial charge in [0.15, 0.2) is 18.1 Å². The molecule has 2 aromatic rings. The van der Waals surface area contributed by atoms with Crippen molar-refractivity contribution < 1.29 is 23.8 Å². The summed E-state index contributed by atoms with van der Waals surface area (Å²) in [5, 5.41) is 2.71. The van der Waals surface area contributed by atoms with Gasteiger partial charge in [-0.25, -0.2) is 0 Å². The second-order valence-corrected chi connectivity index (χ2v) is 6.24. The van der Waals surface area contributed by atoms with Crippen molar-refractivity contribution in [3.63, 3.8) is 0 Å². The van der Waals surface area contributed by atoms with Crippen molar-refractivity contribution in [3.8, 4) is 11.5 Å². The smallest absolute Gasteiger partial charge is 0.313 e. The van der Waals surface area contributed by atoms with Gasteiger partial charge in [0.25, 0.3) is 5.91 Å². The topological polar surface area (TPSA) is 73.9 Å². The van der Waals surface area contributed by atoms with E-state index >= 15 is 0 Å². The molecule has 0 saturated carbocycles. The highest BCUT2D eigenvalue weighted by atomic mass is 16.5. The Bertz CT molecular complexity index is 790. The molecule has 0 aromatic heterocycles. The second-order valence-electron chi connectivity index (χ2n) is 6.24. The van der Waals surface area contributed by atoms with Crippen molar-refractivity contribution in [2.75, 3.05) is 25.1 Å². The summed E-state index contributed by atoms with van der Waals surface area (Å²) in [6.45, 7) is 2.75. The quantitative estimate of drug-likeness (QED) is 0.789. The molecule has 1 aliphatic heterocycles. The highest BCUT2D eigenvalue weighted by Gasteiger charge is 2.21. The molecule has 6 nitrogen and oxygen atoms in total. The van der Waals surface area contributed by atoms with Crippen LogP contribution in [0.4, 0.5) is 5.69 Å². The maximum atomic E-state index is 12.3. The van der Waals surface area contributed by atoms with Gasteiger partial charge in [-0.1, -0.05) is 37.3 Å². The molecule has 0 spiro atoms. The van der Waals surface area contributed by atoms with Gasteiger partial charge < -0.3 is 19.5 Å². The number of benzene rings is 2. The van der Waals surface area contributed by atoms with E-state index in [0.717, 1.165) is 12.0 Å². The standard InChI is InChI=1S/C21H23NO5/c1-2-17(15-7-4-3-5-8-15)21(24)27-14-20(23)22-16-9-10-18-19(13-16)26-12-6-11-25-18/h3-5,7-10,13,17H,2,6,11-12,14H2,1H3,(H,22,23). The minimum atomic E-state index is -0.405. The van der Waals surface area contributed by atoms with Crippen molar-refractivity contribution in [2.45, 2.75) is 25.7 Å². The number of carbonyl (C=O) groups is 2. The Kier molecular flexibility index (Phi) is 6.30. The summed E-state index contributed by atoms with van der Waals surface area (Å²) in [5.41, 5.74) is 1.45. The zero-order chi connectivity index (χ0) is 19.1. The van der Waals surface area contributed by atoms with Crippen LogP contribution in [0.1, 0.15) is 31.2 Å². The molecule has 27 heavy (non-hydrogen) atoms. The maximum Gasteiger partial charge on any atom is 0.313 e. The summed E-state index contributed by atoms with van der Waals surface area (Å²) < 4.78 is 16.4. The summed E-state index contributed by atoms with van der Waals surface area (Å²) in [7, 11) is 0. The molecule has 0 radical (unpaired) electrons. The van der Waals surface area contributed by atoms with E-state index < -0.39 is 11.9 Å². The third-order valence-electron chi connectivity index (χ3n) is 4.27. The summed E-state index contributed by atoms with van der Waals surface area (Å²) in [5.74, 6) is 0.0679. The highest BCUT2D eigenvalue weighted by Crippen LogP contribution is 2.32. The molecule has 0 fully saturated rings. The minimum absolute atomic E-state index is 0.337. The number of ether oxygens (including phenoxy) is 3. The van der Waals surface area contributed by atoms with Gasteiger partial charge in [-0.05, 0) is 24.1 Å². The fourth-order valence-corrected chi connectivity index (χ4v) is 2.90. The van der Waals surface area contributed by atoms with Crippen molar-refractivity contribution in [1.82, 2.24) is 0 Å². The summed E-state index contributed by atoms with van der Waals surface area (Å²) in [6, 6.07) is 14.6. The van der Waals surface area contributed by atoms with E-state index in [1.54, 1.807) is 18.2 Å². The predicted octanol–water partition coefficient (Wildman–Crippen LogP) is 3.52. The molecule has 1 aliphatic rings. The van der Waals surface area contributed by atoms with E-state index in [4.69, 9.17) is 14.2 Å². The van der Waals surface area contributed by atoms with Crippen LogP contribution in [0.15, 0.2) is 48.5 Å². The maximum absolute atomic E-state index is 12.3. The van der Waals surface area contributed by atoms with E-state index in [1.165, 1.54) is 0 Å². The van der Waals surface area contributed by atoms with Crippen LogP contribution in [0, 0.1) is 0 Å². The number of hydrogen-bond acceptors (Lipinski definition) is 5. The largest absolute Gasteiger partial charge is 0.490 e. The van der Waals surface area contributed by atoms with Gasteiger partial charge in [-0.3, -0.25) is 9.59 Å². The molecular weight excluding hydrogens is 346 g/mol. The van der Waals surface area contributed by atoms with Crippen LogP contribution in [0.25, 0.3) is 0 Å². The van der Waals surface area contributed by atoms with Crippen molar-refractivity contribution in [1.29, 1.82) is 0 Å². The van der Waals surface area contributed by atoms with E-state index in [9.17, 15) is 9.59 Å². The number of nitrogens with one attached hydrogen (secondary N) is 1. The molecule has 1 N–H and O–H groups in total. The van der Waals surface area contributed by atoms with Crippen molar-refractivity contribution >= 4 is 17.6 Å². The molecule has 0 bridgehead atoms. The number of amides is 1. The molecule has 0 saturated heterocycles. The van der Waals surface area contributed by atoms with Crippen LogP contribution in [-0.4, -0.2) is 31.7 Å². The number of esters is 1. The Morgan fingerprint density at radius 3 is 2.56 bits per heavy atom. The minimum Gasteiger partial charge on any atom is -0.490 e. The molecule has 142 valence electrons. The van der Waals surface area contributed by atoms with E-state index in [-0.39, 0.29) is 12.5 Å². The zero-order valence-corrected chi connectivity index (χ0v) is 15.3. The molecule has 1 unspecified atom stereocenters. The van der Waals surface area contributed by atoms with Gasteiger partial charge >= 0.3 is 5.97 Å². The van der Waals surface area contributed by atoms with Crippen LogP contribution >= 0.6 is 0 Å². The molecule has 3 rings (SSSR count). The fourth-order valence-electron chi connectivity index (χ4n) is 2.90. The average molecular weight is 369 g/mol. The lowest BCUT2D eigenvalue weighted by atomic mass is 9.97. The summed E-state index contributed by atoms with van der Waals surface area (Å²) in [4.78, 5) is 24.5. The van der Waals surface area contributed by atoms with Gasteiger partial charge in [-0.2, -0.15) is 0 Å². The Labute approximate surface area is 158 Å². The summed E-state index contributed by atoms with van der Waals surface area (Å²) >= 11 is 0. The molecule has 0 aliphatic carbocycles. The Hall–Kier alpha value is -3.02. The van der Waals surface area contributed by atoms with Crippen LogP contribution in [-0.2, 0) is 14.3 Å². The predicted molar refractivity (Wildman–Crippen MR) is 101 cm³/mol. The van der Waals surface area contributed by atoms with Crippen LogP contribution in [0.2, 0.25) is 0 Å². The molecule has 6 heteroatoms. The van der Waals surface area contributed by atoms with Gasteiger partial charge in [0.05, 0.1) is 19.1 Å². The fraction of sp³-hybridized carbons (Fsp3) is 0.333. The monoisotopic (exact) mass is 369 g/mol.